The molecule has 1 aromatic carbocycles. The van der Waals surface area contributed by atoms with Crippen LogP contribution in [0.5, 0.6) is 0 Å². The number of benzene rings is 1. The maximum Gasteiger partial charge on any atom is 0.317 e. The number of carbonyl (C=O) groups excluding carboxylic acids is 1. The minimum atomic E-state index is 0.0420. The third-order valence-corrected chi connectivity index (χ3v) is 4.94. The molecule has 0 aliphatic carbocycles. The van der Waals surface area contributed by atoms with E-state index in [2.05, 4.69) is 42.6 Å². The molecule has 4 nitrogen and oxygen atoms in total. The number of rotatable bonds is 6. The molecule has 3 atom stereocenters. The SMILES string of the molecule is CCC1CN(C(=O)NC(C)CCCO)CCC1c1ccccc1. The fraction of sp³-hybridized carbons (Fsp3) is 0.632. The summed E-state index contributed by atoms with van der Waals surface area (Å²) >= 11 is 0. The molecular formula is C19H30N2O2. The van der Waals surface area contributed by atoms with Gasteiger partial charge in [0.15, 0.2) is 0 Å². The zero-order valence-electron chi connectivity index (χ0n) is 14.4. The van der Waals surface area contributed by atoms with Crippen LogP contribution in [0.15, 0.2) is 30.3 Å². The molecule has 1 aromatic rings. The van der Waals surface area contributed by atoms with Crippen molar-refractivity contribution in [1.29, 1.82) is 0 Å². The fourth-order valence-electron chi connectivity index (χ4n) is 3.54. The quantitative estimate of drug-likeness (QED) is 0.845. The highest BCUT2D eigenvalue weighted by atomic mass is 16.3. The molecule has 0 saturated carbocycles. The number of likely N-dealkylation sites (tertiary alicyclic amines) is 1. The average molecular weight is 318 g/mol. The van der Waals surface area contributed by atoms with Crippen LogP contribution in [0.1, 0.15) is 51.0 Å². The van der Waals surface area contributed by atoms with E-state index < -0.39 is 0 Å². The van der Waals surface area contributed by atoms with E-state index in [1.54, 1.807) is 0 Å². The Morgan fingerprint density at radius 2 is 2.13 bits per heavy atom. The molecule has 128 valence electrons. The molecule has 2 rings (SSSR count). The van der Waals surface area contributed by atoms with Gasteiger partial charge in [0.2, 0.25) is 0 Å². The number of hydrogen-bond acceptors (Lipinski definition) is 2. The Morgan fingerprint density at radius 3 is 2.78 bits per heavy atom. The van der Waals surface area contributed by atoms with E-state index in [1.807, 2.05) is 11.8 Å². The standard InChI is InChI=1S/C19H30N2O2/c1-3-16-14-21(19(23)20-15(2)8-7-13-22)12-11-18(16)17-9-5-4-6-10-17/h4-6,9-10,15-16,18,22H,3,7-8,11-14H2,1-2H3,(H,20,23). The summed E-state index contributed by atoms with van der Waals surface area (Å²) in [5.41, 5.74) is 1.40. The highest BCUT2D eigenvalue weighted by Crippen LogP contribution is 2.34. The Labute approximate surface area is 139 Å². The third-order valence-electron chi connectivity index (χ3n) is 4.94. The van der Waals surface area contributed by atoms with Crippen molar-refractivity contribution in [1.82, 2.24) is 10.2 Å². The number of nitrogens with zero attached hydrogens (tertiary/aromatic N) is 1. The van der Waals surface area contributed by atoms with Gasteiger partial charge in [0, 0.05) is 25.7 Å². The van der Waals surface area contributed by atoms with Crippen molar-refractivity contribution in [3.63, 3.8) is 0 Å². The Hall–Kier alpha value is -1.55. The first-order valence-corrected chi connectivity index (χ1v) is 8.87. The predicted molar refractivity (Wildman–Crippen MR) is 93.5 cm³/mol. The van der Waals surface area contributed by atoms with E-state index in [4.69, 9.17) is 5.11 Å². The van der Waals surface area contributed by atoms with E-state index >= 15 is 0 Å². The zero-order chi connectivity index (χ0) is 16.7. The second kappa shape index (κ2) is 8.92. The molecule has 0 bridgehead atoms. The maximum absolute atomic E-state index is 12.4. The molecule has 0 aromatic heterocycles. The van der Waals surface area contributed by atoms with Crippen LogP contribution in [0, 0.1) is 5.92 Å². The summed E-state index contributed by atoms with van der Waals surface area (Å²) in [5.74, 6) is 1.07. The molecule has 4 heteroatoms. The number of amides is 2. The molecule has 2 amide bonds. The maximum atomic E-state index is 12.4. The summed E-state index contributed by atoms with van der Waals surface area (Å²) in [6.07, 6.45) is 3.67. The lowest BCUT2D eigenvalue weighted by molar-refractivity contribution is 0.149. The van der Waals surface area contributed by atoms with Gasteiger partial charge < -0.3 is 15.3 Å². The fourth-order valence-corrected chi connectivity index (χ4v) is 3.54. The lowest BCUT2D eigenvalue weighted by Gasteiger charge is -2.39. The van der Waals surface area contributed by atoms with Crippen molar-refractivity contribution in [3.8, 4) is 0 Å². The highest BCUT2D eigenvalue weighted by Gasteiger charge is 2.31. The van der Waals surface area contributed by atoms with Crippen molar-refractivity contribution < 1.29 is 9.90 Å². The van der Waals surface area contributed by atoms with Crippen LogP contribution < -0.4 is 5.32 Å². The summed E-state index contributed by atoms with van der Waals surface area (Å²) in [5, 5.41) is 11.9. The predicted octanol–water partition coefficient (Wildman–Crippen LogP) is 3.37. The third kappa shape index (κ3) is 4.96. The first-order valence-electron chi connectivity index (χ1n) is 8.87. The number of nitrogens with one attached hydrogen (secondary N) is 1. The van der Waals surface area contributed by atoms with Gasteiger partial charge in [-0.2, -0.15) is 0 Å². The van der Waals surface area contributed by atoms with Gasteiger partial charge >= 0.3 is 6.03 Å². The number of aliphatic hydroxyl groups is 1. The van der Waals surface area contributed by atoms with Crippen LogP contribution in [-0.4, -0.2) is 41.8 Å². The molecule has 0 spiro atoms. The largest absolute Gasteiger partial charge is 0.396 e. The van der Waals surface area contributed by atoms with Gasteiger partial charge in [0.1, 0.15) is 0 Å². The smallest absolute Gasteiger partial charge is 0.317 e. The van der Waals surface area contributed by atoms with Crippen LogP contribution >= 0.6 is 0 Å². The minimum Gasteiger partial charge on any atom is -0.396 e. The normalized spacial score (nSPS) is 22.7. The number of carbonyl (C=O) groups is 1. The molecule has 23 heavy (non-hydrogen) atoms. The van der Waals surface area contributed by atoms with Crippen LogP contribution in [0.25, 0.3) is 0 Å². The number of aliphatic hydroxyl groups excluding tert-OH is 1. The molecular weight excluding hydrogens is 288 g/mol. The molecule has 1 aliphatic heterocycles. The van der Waals surface area contributed by atoms with Crippen molar-refractivity contribution in [2.75, 3.05) is 19.7 Å². The van der Waals surface area contributed by atoms with Gasteiger partial charge in [0.25, 0.3) is 0 Å². The topological polar surface area (TPSA) is 52.6 Å². The second-order valence-electron chi connectivity index (χ2n) is 6.64. The Bertz CT molecular complexity index is 478. The van der Waals surface area contributed by atoms with Gasteiger partial charge in [-0.3, -0.25) is 0 Å². The monoisotopic (exact) mass is 318 g/mol. The van der Waals surface area contributed by atoms with Crippen LogP contribution in [0.2, 0.25) is 0 Å². The van der Waals surface area contributed by atoms with Crippen LogP contribution in [0.3, 0.4) is 0 Å². The molecule has 1 heterocycles. The molecule has 3 unspecified atom stereocenters. The number of urea groups is 1. The van der Waals surface area contributed by atoms with E-state index in [-0.39, 0.29) is 18.7 Å². The first-order chi connectivity index (χ1) is 11.2. The van der Waals surface area contributed by atoms with Gasteiger partial charge in [-0.15, -0.1) is 0 Å². The summed E-state index contributed by atoms with van der Waals surface area (Å²) < 4.78 is 0. The molecule has 0 radical (unpaired) electrons. The van der Waals surface area contributed by atoms with E-state index in [0.717, 1.165) is 38.8 Å². The van der Waals surface area contributed by atoms with Gasteiger partial charge in [-0.25, -0.2) is 4.79 Å². The molecule has 1 fully saturated rings. The lowest BCUT2D eigenvalue weighted by atomic mass is 9.79. The van der Waals surface area contributed by atoms with Crippen molar-refractivity contribution in [3.05, 3.63) is 35.9 Å². The van der Waals surface area contributed by atoms with E-state index in [0.29, 0.717) is 11.8 Å². The van der Waals surface area contributed by atoms with Crippen LogP contribution in [-0.2, 0) is 0 Å². The highest BCUT2D eigenvalue weighted by molar-refractivity contribution is 5.74. The van der Waals surface area contributed by atoms with E-state index in [1.165, 1.54) is 5.56 Å². The van der Waals surface area contributed by atoms with Crippen molar-refractivity contribution >= 4 is 6.03 Å². The van der Waals surface area contributed by atoms with Gasteiger partial charge in [-0.1, -0.05) is 43.7 Å². The Kier molecular flexibility index (Phi) is 6.90. The summed E-state index contributed by atoms with van der Waals surface area (Å²) in [6, 6.07) is 10.8. The van der Waals surface area contributed by atoms with Gasteiger partial charge in [0.05, 0.1) is 0 Å². The average Bonchev–Trinajstić information content (AvgIpc) is 2.60. The molecule has 2 N–H and O–H groups in total. The minimum absolute atomic E-state index is 0.0420. The zero-order valence-corrected chi connectivity index (χ0v) is 14.4. The van der Waals surface area contributed by atoms with Crippen LogP contribution in [0.4, 0.5) is 4.79 Å². The summed E-state index contributed by atoms with van der Waals surface area (Å²) in [4.78, 5) is 14.4. The van der Waals surface area contributed by atoms with Gasteiger partial charge in [-0.05, 0) is 43.6 Å². The van der Waals surface area contributed by atoms with Crippen molar-refractivity contribution in [2.45, 2.75) is 51.5 Å². The van der Waals surface area contributed by atoms with E-state index in [9.17, 15) is 4.79 Å². The summed E-state index contributed by atoms with van der Waals surface area (Å²) in [7, 11) is 0. The molecule has 1 aliphatic rings. The second-order valence-corrected chi connectivity index (χ2v) is 6.64. The number of piperidine rings is 1. The molecule has 1 saturated heterocycles. The Balaban J connectivity index is 1.91. The first kappa shape index (κ1) is 17.8. The number of hydrogen-bond donors (Lipinski definition) is 2. The van der Waals surface area contributed by atoms with Crippen molar-refractivity contribution in [2.24, 2.45) is 5.92 Å². The summed E-state index contributed by atoms with van der Waals surface area (Å²) in [6.45, 7) is 6.04. The Morgan fingerprint density at radius 1 is 1.39 bits per heavy atom. The lowest BCUT2D eigenvalue weighted by Crippen LogP contribution is -2.49.